The average Bonchev–Trinajstić information content (AvgIpc) is 2.33. The minimum atomic E-state index is 0.943. The Labute approximate surface area is 57.0 Å². The fourth-order valence-corrected chi connectivity index (χ4v) is 2.00. The van der Waals surface area contributed by atoms with Crippen LogP contribution in [0.5, 0.6) is 0 Å². The molecular formula is C8H14N. The summed E-state index contributed by atoms with van der Waals surface area (Å²) in [6.45, 7) is 2.63. The van der Waals surface area contributed by atoms with Crippen molar-refractivity contribution in [2.45, 2.75) is 31.7 Å². The van der Waals surface area contributed by atoms with E-state index in [1.54, 1.807) is 0 Å². The van der Waals surface area contributed by atoms with E-state index in [-0.39, 0.29) is 0 Å². The second-order valence-electron chi connectivity index (χ2n) is 3.17. The molecule has 0 bridgehead atoms. The van der Waals surface area contributed by atoms with E-state index >= 15 is 0 Å². The van der Waals surface area contributed by atoms with Gasteiger partial charge in [-0.1, -0.05) is 6.42 Å². The molecule has 1 radical (unpaired) electrons. The zero-order valence-corrected chi connectivity index (χ0v) is 5.84. The van der Waals surface area contributed by atoms with Gasteiger partial charge in [0.25, 0.3) is 0 Å². The highest BCUT2D eigenvalue weighted by Gasteiger charge is 2.26. The van der Waals surface area contributed by atoms with Gasteiger partial charge in [0.15, 0.2) is 0 Å². The first-order chi connectivity index (χ1) is 4.47. The van der Waals surface area contributed by atoms with E-state index in [4.69, 9.17) is 0 Å². The third-order valence-electron chi connectivity index (χ3n) is 2.55. The van der Waals surface area contributed by atoms with Crippen molar-refractivity contribution in [1.29, 1.82) is 0 Å². The molecule has 1 heteroatoms. The monoisotopic (exact) mass is 124 g/mol. The molecule has 0 saturated carbocycles. The van der Waals surface area contributed by atoms with Gasteiger partial charge in [-0.3, -0.25) is 0 Å². The summed E-state index contributed by atoms with van der Waals surface area (Å²) in [7, 11) is 0. The van der Waals surface area contributed by atoms with Crippen LogP contribution in [0.25, 0.3) is 0 Å². The standard InChI is InChI=1S/C8H14N/c1-2-6-9-7-3-5-8(9)4-1/h3,8H,1-2,4-7H2. The zero-order valence-electron chi connectivity index (χ0n) is 5.84. The van der Waals surface area contributed by atoms with Gasteiger partial charge in [0.05, 0.1) is 0 Å². The van der Waals surface area contributed by atoms with Crippen molar-refractivity contribution in [3.05, 3.63) is 6.42 Å². The maximum atomic E-state index is 2.61. The molecule has 51 valence electrons. The molecule has 0 spiro atoms. The van der Waals surface area contributed by atoms with Crippen molar-refractivity contribution in [2.24, 2.45) is 0 Å². The molecule has 2 fully saturated rings. The topological polar surface area (TPSA) is 3.24 Å². The third-order valence-corrected chi connectivity index (χ3v) is 2.55. The first kappa shape index (κ1) is 5.72. The highest BCUT2D eigenvalue weighted by atomic mass is 15.2. The van der Waals surface area contributed by atoms with Gasteiger partial charge in [-0.25, -0.2) is 0 Å². The van der Waals surface area contributed by atoms with E-state index in [9.17, 15) is 0 Å². The molecule has 0 amide bonds. The molecule has 0 N–H and O–H groups in total. The number of nitrogens with zero attached hydrogens (tertiary/aromatic N) is 1. The Morgan fingerprint density at radius 3 is 3.22 bits per heavy atom. The van der Waals surface area contributed by atoms with Gasteiger partial charge in [0, 0.05) is 12.6 Å². The van der Waals surface area contributed by atoms with Crippen LogP contribution in [0.4, 0.5) is 0 Å². The average molecular weight is 124 g/mol. The van der Waals surface area contributed by atoms with Crippen molar-refractivity contribution in [3.8, 4) is 0 Å². The quantitative estimate of drug-likeness (QED) is 0.472. The lowest BCUT2D eigenvalue weighted by molar-refractivity contribution is 0.199. The number of hydrogen-bond acceptors (Lipinski definition) is 1. The third kappa shape index (κ3) is 0.983. The summed E-state index contributed by atoms with van der Waals surface area (Å²) in [6.07, 6.45) is 8.14. The van der Waals surface area contributed by atoms with Crippen molar-refractivity contribution in [1.82, 2.24) is 4.90 Å². The van der Waals surface area contributed by atoms with Crippen LogP contribution in [0.15, 0.2) is 0 Å². The number of rotatable bonds is 0. The van der Waals surface area contributed by atoms with Gasteiger partial charge in [-0.2, -0.15) is 0 Å². The molecule has 0 aromatic rings. The molecule has 2 aliphatic heterocycles. The fourth-order valence-electron chi connectivity index (χ4n) is 2.00. The normalized spacial score (nSPS) is 36.7. The Hall–Kier alpha value is -0.0400. The Bertz CT molecular complexity index is 88.7. The van der Waals surface area contributed by atoms with Crippen LogP contribution in [0.3, 0.4) is 0 Å². The lowest BCUT2D eigenvalue weighted by Crippen LogP contribution is -2.33. The smallest absolute Gasteiger partial charge is 0.00986 e. The molecule has 1 atom stereocenters. The van der Waals surface area contributed by atoms with E-state index in [1.165, 1.54) is 38.8 Å². The van der Waals surface area contributed by atoms with E-state index in [0.29, 0.717) is 0 Å². The number of piperidine rings is 1. The zero-order chi connectivity index (χ0) is 6.10. The Balaban J connectivity index is 1.97. The highest BCUT2D eigenvalue weighted by molar-refractivity contribution is 4.91. The van der Waals surface area contributed by atoms with Crippen LogP contribution >= 0.6 is 0 Å². The van der Waals surface area contributed by atoms with Crippen molar-refractivity contribution < 1.29 is 0 Å². The van der Waals surface area contributed by atoms with Crippen LogP contribution in [0.1, 0.15) is 25.7 Å². The van der Waals surface area contributed by atoms with Gasteiger partial charge in [0.1, 0.15) is 0 Å². The lowest BCUT2D eigenvalue weighted by atomic mass is 10.0. The summed E-state index contributed by atoms with van der Waals surface area (Å²) in [5.74, 6) is 0. The molecule has 1 nitrogen and oxygen atoms in total. The number of fused-ring (bicyclic) bond motifs is 1. The first-order valence-corrected chi connectivity index (χ1v) is 4.02. The molecule has 1 unspecified atom stereocenters. The molecule has 2 saturated heterocycles. The SMILES string of the molecule is [CH]1CC2CCCCN2C1. The van der Waals surface area contributed by atoms with Crippen LogP contribution in [-0.2, 0) is 0 Å². The second-order valence-corrected chi connectivity index (χ2v) is 3.17. The first-order valence-electron chi connectivity index (χ1n) is 4.02. The van der Waals surface area contributed by atoms with E-state index < -0.39 is 0 Å². The summed E-state index contributed by atoms with van der Waals surface area (Å²) in [4.78, 5) is 2.61. The van der Waals surface area contributed by atoms with Crippen LogP contribution in [0, 0.1) is 6.42 Å². The Morgan fingerprint density at radius 2 is 2.33 bits per heavy atom. The summed E-state index contributed by atoms with van der Waals surface area (Å²) in [5.41, 5.74) is 0. The second kappa shape index (κ2) is 2.30. The van der Waals surface area contributed by atoms with E-state index in [0.717, 1.165) is 6.04 Å². The van der Waals surface area contributed by atoms with Crippen LogP contribution in [0.2, 0.25) is 0 Å². The predicted octanol–water partition coefficient (Wildman–Crippen LogP) is 1.45. The van der Waals surface area contributed by atoms with Crippen LogP contribution < -0.4 is 0 Å². The van der Waals surface area contributed by atoms with Gasteiger partial charge in [-0.15, -0.1) is 0 Å². The molecule has 2 heterocycles. The minimum absolute atomic E-state index is 0.943. The maximum absolute atomic E-state index is 2.61. The molecule has 0 aliphatic carbocycles. The largest absolute Gasteiger partial charge is 0.300 e. The Kier molecular flexibility index (Phi) is 1.46. The van der Waals surface area contributed by atoms with Gasteiger partial charge in [-0.05, 0) is 32.2 Å². The van der Waals surface area contributed by atoms with Crippen LogP contribution in [-0.4, -0.2) is 24.0 Å². The number of hydrogen-bond donors (Lipinski definition) is 0. The van der Waals surface area contributed by atoms with E-state index in [2.05, 4.69) is 11.3 Å². The Morgan fingerprint density at radius 1 is 1.33 bits per heavy atom. The molecule has 0 aromatic heterocycles. The minimum Gasteiger partial charge on any atom is -0.300 e. The summed E-state index contributed by atoms with van der Waals surface area (Å²) < 4.78 is 0. The molecular weight excluding hydrogens is 110 g/mol. The van der Waals surface area contributed by atoms with Crippen molar-refractivity contribution in [3.63, 3.8) is 0 Å². The van der Waals surface area contributed by atoms with Crippen molar-refractivity contribution in [2.75, 3.05) is 13.1 Å². The maximum Gasteiger partial charge on any atom is 0.00986 e. The molecule has 2 aliphatic rings. The van der Waals surface area contributed by atoms with Gasteiger partial charge < -0.3 is 4.90 Å². The molecule has 2 rings (SSSR count). The lowest BCUT2D eigenvalue weighted by Gasteiger charge is -2.28. The van der Waals surface area contributed by atoms with Gasteiger partial charge in [0.2, 0.25) is 0 Å². The fraction of sp³-hybridized carbons (Fsp3) is 0.875. The van der Waals surface area contributed by atoms with E-state index in [1.807, 2.05) is 0 Å². The summed E-state index contributed by atoms with van der Waals surface area (Å²) in [5, 5.41) is 0. The summed E-state index contributed by atoms with van der Waals surface area (Å²) in [6, 6.07) is 0.943. The van der Waals surface area contributed by atoms with Gasteiger partial charge >= 0.3 is 0 Å². The molecule has 0 aromatic carbocycles. The summed E-state index contributed by atoms with van der Waals surface area (Å²) >= 11 is 0. The molecule has 9 heavy (non-hydrogen) atoms. The van der Waals surface area contributed by atoms with Crippen molar-refractivity contribution >= 4 is 0 Å². The predicted molar refractivity (Wildman–Crippen MR) is 38.1 cm³/mol. The highest BCUT2D eigenvalue weighted by Crippen LogP contribution is 2.25.